The zero-order chi connectivity index (χ0) is 17.9. The predicted molar refractivity (Wildman–Crippen MR) is 104 cm³/mol. The second kappa shape index (κ2) is 7.83. The topological polar surface area (TPSA) is 30.8 Å². The maximum atomic E-state index is 6.75. The Kier molecular flexibility index (Phi) is 6.26. The first-order valence-corrected chi connectivity index (χ1v) is 11.3. The number of nitrogens with zero attached hydrogens (tertiary/aromatic N) is 1. The van der Waals surface area contributed by atoms with Crippen LogP contribution in [0.1, 0.15) is 60.1 Å². The van der Waals surface area contributed by atoms with Crippen molar-refractivity contribution in [1.82, 2.24) is 0 Å². The maximum Gasteiger partial charge on any atom is 0.200 e. The van der Waals surface area contributed by atoms with Gasteiger partial charge < -0.3 is 9.16 Å². The van der Waals surface area contributed by atoms with Gasteiger partial charge in [-0.2, -0.15) is 0 Å². The minimum absolute atomic E-state index is 0.0237. The van der Waals surface area contributed by atoms with Crippen molar-refractivity contribution in [3.63, 3.8) is 0 Å². The van der Waals surface area contributed by atoms with Gasteiger partial charge in [0.1, 0.15) is 12.1 Å². The quantitative estimate of drug-likeness (QED) is 0.589. The number of benzene rings is 1. The molecule has 0 unspecified atom stereocenters. The van der Waals surface area contributed by atoms with Gasteiger partial charge in [0, 0.05) is 6.92 Å². The predicted octanol–water partition coefficient (Wildman–Crippen LogP) is 5.74. The van der Waals surface area contributed by atoms with Crippen molar-refractivity contribution >= 4 is 14.2 Å². The van der Waals surface area contributed by atoms with E-state index in [0.29, 0.717) is 23.2 Å². The van der Waals surface area contributed by atoms with E-state index in [1.54, 1.807) is 0 Å². The molecule has 0 radical (unpaired) electrons. The van der Waals surface area contributed by atoms with Crippen LogP contribution < -0.4 is 0 Å². The van der Waals surface area contributed by atoms with E-state index in [-0.39, 0.29) is 12.1 Å². The molecule has 0 bridgehead atoms. The van der Waals surface area contributed by atoms with Crippen LogP contribution in [-0.2, 0) is 9.16 Å². The average Bonchev–Trinajstić information content (AvgIpc) is 2.88. The first-order valence-electron chi connectivity index (χ1n) is 9.19. The molecule has 2 rings (SSSR count). The van der Waals surface area contributed by atoms with E-state index in [4.69, 9.17) is 14.2 Å². The molecule has 3 nitrogen and oxygen atoms in total. The number of ether oxygens (including phenoxy) is 1. The fourth-order valence-corrected chi connectivity index (χ4v) is 9.84. The molecule has 0 aromatic heterocycles. The van der Waals surface area contributed by atoms with Gasteiger partial charge in [0.15, 0.2) is 14.2 Å². The first-order chi connectivity index (χ1) is 11.3. The molecule has 24 heavy (non-hydrogen) atoms. The zero-order valence-corrected chi connectivity index (χ0v) is 17.2. The molecule has 0 fully saturated rings. The zero-order valence-electron chi connectivity index (χ0n) is 16.2. The van der Waals surface area contributed by atoms with Crippen molar-refractivity contribution in [1.29, 1.82) is 0 Å². The third kappa shape index (κ3) is 3.75. The van der Waals surface area contributed by atoms with Crippen molar-refractivity contribution in [2.45, 2.75) is 77.2 Å². The Bertz CT molecular complexity index is 532. The SMILES string of the molecule is CC1=N[C@@H](CO[Si](C(C)C)(C(C)C)C(C)C)[C@H](c2ccccc2)O1. The molecule has 4 heteroatoms. The molecule has 0 aliphatic carbocycles. The number of aliphatic imine (C=N–C) groups is 1. The Hall–Kier alpha value is -1.13. The maximum absolute atomic E-state index is 6.75. The fraction of sp³-hybridized carbons (Fsp3) is 0.650. The number of hydrogen-bond acceptors (Lipinski definition) is 3. The van der Waals surface area contributed by atoms with Crippen LogP contribution in [0.2, 0.25) is 16.6 Å². The Morgan fingerprint density at radius 2 is 1.54 bits per heavy atom. The van der Waals surface area contributed by atoms with E-state index in [0.717, 1.165) is 5.90 Å². The summed E-state index contributed by atoms with van der Waals surface area (Å²) in [5, 5.41) is 0. The van der Waals surface area contributed by atoms with Crippen molar-refractivity contribution in [2.75, 3.05) is 6.61 Å². The van der Waals surface area contributed by atoms with Gasteiger partial charge in [-0.3, -0.25) is 0 Å². The highest BCUT2D eigenvalue weighted by Crippen LogP contribution is 2.43. The lowest BCUT2D eigenvalue weighted by atomic mass is 10.0. The number of rotatable bonds is 7. The van der Waals surface area contributed by atoms with Crippen molar-refractivity contribution in [3.05, 3.63) is 35.9 Å². The third-order valence-corrected chi connectivity index (χ3v) is 11.4. The van der Waals surface area contributed by atoms with Crippen molar-refractivity contribution < 1.29 is 9.16 Å². The van der Waals surface area contributed by atoms with E-state index in [1.807, 2.05) is 13.0 Å². The van der Waals surface area contributed by atoms with Crippen LogP contribution in [0.3, 0.4) is 0 Å². The summed E-state index contributed by atoms with van der Waals surface area (Å²) >= 11 is 0. The summed E-state index contributed by atoms with van der Waals surface area (Å²) in [4.78, 5) is 4.72. The summed E-state index contributed by atoms with van der Waals surface area (Å²) in [6.07, 6.45) is -0.0237. The Morgan fingerprint density at radius 1 is 1.00 bits per heavy atom. The minimum atomic E-state index is -1.87. The highest BCUT2D eigenvalue weighted by Gasteiger charge is 2.46. The van der Waals surface area contributed by atoms with Crippen LogP contribution in [0, 0.1) is 0 Å². The molecular weight excluding hydrogens is 314 g/mol. The van der Waals surface area contributed by atoms with Crippen LogP contribution in [0.5, 0.6) is 0 Å². The molecule has 134 valence electrons. The second-order valence-corrected chi connectivity index (χ2v) is 13.3. The Morgan fingerprint density at radius 3 is 2.04 bits per heavy atom. The second-order valence-electron chi connectivity index (χ2n) is 7.79. The van der Waals surface area contributed by atoms with Gasteiger partial charge in [-0.05, 0) is 22.2 Å². The smallest absolute Gasteiger partial charge is 0.200 e. The standard InChI is InChI=1S/C20H33NO2Si/c1-14(2)24(15(3)4,16(5)6)22-13-19-20(23-17(7)21-19)18-11-9-8-10-12-18/h8-12,14-16,19-20H,13H2,1-7H3/t19-,20-/m0/s1. The van der Waals surface area contributed by atoms with E-state index in [2.05, 4.69) is 65.8 Å². The fourth-order valence-electron chi connectivity index (χ4n) is 4.38. The van der Waals surface area contributed by atoms with Gasteiger partial charge in [0.2, 0.25) is 0 Å². The van der Waals surface area contributed by atoms with Gasteiger partial charge in [0.25, 0.3) is 0 Å². The molecule has 0 saturated carbocycles. The highest BCUT2D eigenvalue weighted by molar-refractivity contribution is 6.77. The summed E-state index contributed by atoms with van der Waals surface area (Å²) in [5.74, 6) is 0.767. The van der Waals surface area contributed by atoms with Gasteiger partial charge >= 0.3 is 0 Å². The Labute approximate surface area is 148 Å². The van der Waals surface area contributed by atoms with Crippen LogP contribution in [-0.4, -0.2) is 26.9 Å². The van der Waals surface area contributed by atoms with Crippen LogP contribution in [0.4, 0.5) is 0 Å². The van der Waals surface area contributed by atoms with Crippen LogP contribution in [0.15, 0.2) is 35.3 Å². The highest BCUT2D eigenvalue weighted by atomic mass is 28.4. The van der Waals surface area contributed by atoms with E-state index in [1.165, 1.54) is 5.56 Å². The minimum Gasteiger partial charge on any atom is -0.471 e. The molecule has 0 spiro atoms. The van der Waals surface area contributed by atoms with E-state index in [9.17, 15) is 0 Å². The number of hydrogen-bond donors (Lipinski definition) is 0. The first kappa shape index (κ1) is 19.2. The summed E-state index contributed by atoms with van der Waals surface area (Å²) in [6.45, 7) is 16.5. The normalized spacial score (nSPS) is 21.5. The average molecular weight is 348 g/mol. The molecule has 1 aromatic rings. The molecule has 0 amide bonds. The lowest BCUT2D eigenvalue weighted by Gasteiger charge is -2.42. The van der Waals surface area contributed by atoms with Crippen molar-refractivity contribution in [3.8, 4) is 0 Å². The molecule has 1 heterocycles. The van der Waals surface area contributed by atoms with E-state index >= 15 is 0 Å². The summed E-state index contributed by atoms with van der Waals surface area (Å²) < 4.78 is 12.7. The molecule has 1 aromatic carbocycles. The van der Waals surface area contributed by atoms with Gasteiger partial charge in [-0.25, -0.2) is 4.99 Å². The molecule has 0 N–H and O–H groups in total. The summed E-state index contributed by atoms with van der Waals surface area (Å²) in [6, 6.07) is 10.4. The molecule has 1 aliphatic rings. The van der Waals surface area contributed by atoms with E-state index < -0.39 is 8.32 Å². The van der Waals surface area contributed by atoms with Crippen LogP contribution in [0.25, 0.3) is 0 Å². The van der Waals surface area contributed by atoms with Gasteiger partial charge in [-0.15, -0.1) is 0 Å². The van der Waals surface area contributed by atoms with Gasteiger partial charge in [-0.1, -0.05) is 71.9 Å². The monoisotopic (exact) mass is 347 g/mol. The van der Waals surface area contributed by atoms with Gasteiger partial charge in [0.05, 0.1) is 6.61 Å². The Balaban J connectivity index is 2.18. The molecule has 1 aliphatic heterocycles. The molecular formula is C20H33NO2Si. The third-order valence-electron chi connectivity index (χ3n) is 5.33. The summed E-state index contributed by atoms with van der Waals surface area (Å²) in [7, 11) is -1.87. The molecule has 0 saturated heterocycles. The largest absolute Gasteiger partial charge is 0.471 e. The lowest BCUT2D eigenvalue weighted by Crippen LogP contribution is -2.49. The summed E-state index contributed by atoms with van der Waals surface area (Å²) in [5.41, 5.74) is 2.93. The molecule has 2 atom stereocenters. The lowest BCUT2D eigenvalue weighted by molar-refractivity contribution is 0.151. The van der Waals surface area contributed by atoms with Crippen molar-refractivity contribution in [2.24, 2.45) is 4.99 Å². The van der Waals surface area contributed by atoms with Crippen LogP contribution >= 0.6 is 0 Å².